The number of nitrogens with zero attached hydrogens (tertiary/aromatic N) is 4. The van der Waals surface area contributed by atoms with Gasteiger partial charge in [-0.15, -0.1) is 0 Å². The summed E-state index contributed by atoms with van der Waals surface area (Å²) in [6.45, 7) is 2.50. The fourth-order valence-corrected chi connectivity index (χ4v) is 4.29. The summed E-state index contributed by atoms with van der Waals surface area (Å²) in [6, 6.07) is 8.18. The highest BCUT2D eigenvalue weighted by Crippen LogP contribution is 2.44. The van der Waals surface area contributed by atoms with Crippen LogP contribution in [0.25, 0.3) is 11.0 Å². The van der Waals surface area contributed by atoms with E-state index in [2.05, 4.69) is 20.3 Å². The molecule has 0 aliphatic carbocycles. The summed E-state index contributed by atoms with van der Waals surface area (Å²) in [5, 5.41) is 15.8. The molecule has 5 heterocycles. The van der Waals surface area contributed by atoms with Crippen molar-refractivity contribution in [2.24, 2.45) is 10.9 Å². The number of para-hydroxylation sites is 2. The number of benzene rings is 1. The molecule has 2 aromatic rings. The first-order valence-corrected chi connectivity index (χ1v) is 8.44. The van der Waals surface area contributed by atoms with Gasteiger partial charge in [0.15, 0.2) is 11.4 Å². The Kier molecular flexibility index (Phi) is 2.87. The average molecular weight is 325 g/mol. The number of hydrogen-bond acceptors (Lipinski definition) is 6. The van der Waals surface area contributed by atoms with Crippen LogP contribution in [0, 0.1) is 11.1 Å². The highest BCUT2D eigenvalue weighted by Gasteiger charge is 2.56. The Morgan fingerprint density at radius 1 is 1.21 bits per heavy atom. The lowest BCUT2D eigenvalue weighted by atomic mass is 9.75. The van der Waals surface area contributed by atoms with Gasteiger partial charge in [0.1, 0.15) is 6.54 Å². The van der Waals surface area contributed by atoms with E-state index in [1.165, 1.54) is 0 Å². The van der Waals surface area contributed by atoms with E-state index in [4.69, 9.17) is 4.74 Å². The smallest absolute Gasteiger partial charge is 0.291 e. The van der Waals surface area contributed by atoms with Crippen LogP contribution in [0.15, 0.2) is 35.5 Å². The van der Waals surface area contributed by atoms with Gasteiger partial charge in [-0.05, 0) is 12.1 Å². The Hall–Kier alpha value is -2.25. The van der Waals surface area contributed by atoms with Crippen LogP contribution in [-0.2, 0) is 4.74 Å². The first kappa shape index (κ1) is 14.1. The van der Waals surface area contributed by atoms with E-state index >= 15 is 0 Å². The number of hydrogen-bond donors (Lipinski definition) is 1. The van der Waals surface area contributed by atoms with Crippen molar-refractivity contribution in [2.45, 2.75) is 18.4 Å². The van der Waals surface area contributed by atoms with Gasteiger partial charge >= 0.3 is 0 Å². The van der Waals surface area contributed by atoms with E-state index in [0.29, 0.717) is 43.9 Å². The molecule has 7 heteroatoms. The molecule has 24 heavy (non-hydrogen) atoms. The van der Waals surface area contributed by atoms with Crippen molar-refractivity contribution < 1.29 is 9.38 Å². The van der Waals surface area contributed by atoms with E-state index in [1.54, 1.807) is 6.20 Å². The monoisotopic (exact) mass is 325 g/mol. The van der Waals surface area contributed by atoms with Gasteiger partial charge in [-0.3, -0.25) is 10.3 Å². The van der Waals surface area contributed by atoms with E-state index in [-0.39, 0.29) is 4.65 Å². The molecule has 3 fully saturated rings. The molecule has 0 saturated carbocycles. The van der Waals surface area contributed by atoms with Crippen LogP contribution in [0.1, 0.15) is 12.8 Å². The number of rotatable bonds is 1. The second-order valence-corrected chi connectivity index (χ2v) is 7.09. The fourth-order valence-electron chi connectivity index (χ4n) is 4.29. The molecule has 1 aromatic heterocycles. The molecule has 0 amide bonds. The Labute approximate surface area is 139 Å². The molecule has 4 aliphatic heterocycles. The fraction of sp³-hybridized carbons (Fsp3) is 0.471. The van der Waals surface area contributed by atoms with Crippen molar-refractivity contribution in [1.82, 2.24) is 9.97 Å². The molecular weight excluding hydrogens is 306 g/mol. The van der Waals surface area contributed by atoms with Crippen molar-refractivity contribution >= 4 is 22.9 Å². The molecule has 2 bridgehead atoms. The van der Waals surface area contributed by atoms with Crippen molar-refractivity contribution in [3.05, 3.63) is 35.7 Å². The van der Waals surface area contributed by atoms with Crippen LogP contribution in [0.2, 0.25) is 0 Å². The van der Waals surface area contributed by atoms with E-state index < -0.39 is 5.60 Å². The SMILES string of the molecule is [O-][N+]12CCC(CC1)[C@]1(CN=C(Nc3cnc4ccccc4n3)O1)C2. The maximum atomic E-state index is 12.7. The molecule has 0 radical (unpaired) electrons. The molecule has 6 rings (SSSR count). The third-order valence-corrected chi connectivity index (χ3v) is 5.54. The van der Waals surface area contributed by atoms with Gasteiger partial charge in [0.25, 0.3) is 6.02 Å². The van der Waals surface area contributed by atoms with E-state index in [0.717, 1.165) is 23.9 Å². The maximum Gasteiger partial charge on any atom is 0.291 e. The Balaban J connectivity index is 1.35. The van der Waals surface area contributed by atoms with Crippen LogP contribution in [-0.4, -0.2) is 52.4 Å². The molecule has 7 nitrogen and oxygen atoms in total. The Bertz CT molecular complexity index is 831. The van der Waals surface area contributed by atoms with Crippen LogP contribution in [0.3, 0.4) is 0 Å². The zero-order valence-electron chi connectivity index (χ0n) is 13.3. The summed E-state index contributed by atoms with van der Waals surface area (Å²) in [7, 11) is 0. The minimum absolute atomic E-state index is 0.130. The number of piperidine rings is 3. The third kappa shape index (κ3) is 2.16. The molecule has 1 N–H and O–H groups in total. The molecule has 3 saturated heterocycles. The number of fused-ring (bicyclic) bond motifs is 3. The highest BCUT2D eigenvalue weighted by molar-refractivity contribution is 5.90. The Morgan fingerprint density at radius 2 is 2.00 bits per heavy atom. The van der Waals surface area contributed by atoms with Gasteiger partial charge in [-0.25, -0.2) is 9.98 Å². The summed E-state index contributed by atoms with van der Waals surface area (Å²) >= 11 is 0. The molecule has 1 spiro atoms. The van der Waals surface area contributed by atoms with Crippen LogP contribution in [0.5, 0.6) is 0 Å². The molecular formula is C17H19N5O2. The average Bonchev–Trinajstić information content (AvgIpc) is 2.97. The van der Waals surface area contributed by atoms with Crippen molar-refractivity contribution in [1.29, 1.82) is 0 Å². The summed E-state index contributed by atoms with van der Waals surface area (Å²) in [4.78, 5) is 13.4. The first-order valence-electron chi connectivity index (χ1n) is 8.44. The minimum atomic E-state index is -0.426. The van der Waals surface area contributed by atoms with Gasteiger partial charge < -0.3 is 14.6 Å². The lowest BCUT2D eigenvalue weighted by molar-refractivity contribution is -0.905. The van der Waals surface area contributed by atoms with Crippen LogP contribution >= 0.6 is 0 Å². The predicted octanol–water partition coefficient (Wildman–Crippen LogP) is 1.90. The molecule has 0 unspecified atom stereocenters. The van der Waals surface area contributed by atoms with Crippen molar-refractivity contribution in [3.63, 3.8) is 0 Å². The summed E-state index contributed by atoms with van der Waals surface area (Å²) < 4.78 is 6.03. The number of nitrogens with one attached hydrogen (secondary N) is 1. The topological polar surface area (TPSA) is 82.5 Å². The quantitative estimate of drug-likeness (QED) is 0.640. The normalized spacial score (nSPS) is 34.4. The van der Waals surface area contributed by atoms with Gasteiger partial charge in [-0.1, -0.05) is 12.1 Å². The third-order valence-electron chi connectivity index (χ3n) is 5.54. The molecule has 4 aliphatic rings. The van der Waals surface area contributed by atoms with Crippen LogP contribution in [0.4, 0.5) is 5.82 Å². The van der Waals surface area contributed by atoms with Crippen molar-refractivity contribution in [2.75, 3.05) is 31.5 Å². The number of hydroxylamine groups is 3. The lowest BCUT2D eigenvalue weighted by Gasteiger charge is -2.58. The number of aliphatic imine (C=N–C) groups is 1. The standard InChI is InChI=1S/C17H19N5O2/c23-22-7-5-12(6-8-22)17(11-22)10-19-16(24-17)21-15-9-18-13-3-1-2-4-14(13)20-15/h1-4,9,12H,5-8,10-11H2,(H,19,20,21)/t12?,17-,22?/m0/s1. The highest BCUT2D eigenvalue weighted by atomic mass is 16.6. The number of anilines is 1. The molecule has 1 atom stereocenters. The second kappa shape index (κ2) is 4.87. The summed E-state index contributed by atoms with van der Waals surface area (Å²) in [6.07, 6.45) is 3.54. The maximum absolute atomic E-state index is 12.7. The predicted molar refractivity (Wildman–Crippen MR) is 90.2 cm³/mol. The van der Waals surface area contributed by atoms with E-state index in [9.17, 15) is 5.21 Å². The Morgan fingerprint density at radius 3 is 2.79 bits per heavy atom. The van der Waals surface area contributed by atoms with Crippen LogP contribution < -0.4 is 5.32 Å². The minimum Gasteiger partial charge on any atom is -0.633 e. The van der Waals surface area contributed by atoms with E-state index in [1.807, 2.05) is 24.3 Å². The molecule has 1 aromatic carbocycles. The summed E-state index contributed by atoms with van der Waals surface area (Å²) in [5.41, 5.74) is 1.25. The number of amidine groups is 1. The van der Waals surface area contributed by atoms with Gasteiger partial charge in [-0.2, -0.15) is 0 Å². The largest absolute Gasteiger partial charge is 0.633 e. The second-order valence-electron chi connectivity index (χ2n) is 7.09. The lowest BCUT2D eigenvalue weighted by Crippen LogP contribution is -2.67. The zero-order chi connectivity index (χ0) is 16.2. The van der Waals surface area contributed by atoms with Gasteiger partial charge in [0.05, 0.1) is 36.9 Å². The number of quaternary nitrogens is 1. The summed E-state index contributed by atoms with van der Waals surface area (Å²) in [5.74, 6) is 1.04. The number of aromatic nitrogens is 2. The first-order chi connectivity index (χ1) is 11.6. The van der Waals surface area contributed by atoms with Gasteiger partial charge in [0.2, 0.25) is 0 Å². The zero-order valence-corrected chi connectivity index (χ0v) is 13.3. The van der Waals surface area contributed by atoms with Gasteiger partial charge in [0, 0.05) is 18.8 Å². The molecule has 124 valence electrons. The number of ether oxygens (including phenoxy) is 1. The van der Waals surface area contributed by atoms with Crippen molar-refractivity contribution in [3.8, 4) is 0 Å².